The molecule has 1 aliphatic heterocycles. The Labute approximate surface area is 292 Å². The number of hydrogen-bond donors (Lipinski definition) is 2. The highest BCUT2D eigenvalue weighted by Gasteiger charge is 2.41. The molecular formula is C34H30Cl4N4O3S. The lowest BCUT2D eigenvalue weighted by molar-refractivity contribution is -0.122. The Kier molecular flexibility index (Phi) is 10.8. The second kappa shape index (κ2) is 14.6. The summed E-state index contributed by atoms with van der Waals surface area (Å²) in [5.41, 5.74) is 7.32. The fraction of sp³-hybridized carbons (Fsp3) is 0.206. The number of hydrogen-bond acceptors (Lipinski definition) is 5. The standard InChI is InChI=1S/C34H30Cl4N4O3S/c1-5-27(45-28-13-11-18(2)14-20(28)4)33(43)40-26-8-6-7-9-29(26)46-31-32(39-25-12-10-19(3)15-22(25)36)41-42(34(31)44)30-23(37)16-21(35)17-24(30)38/h6-17,27,31H,5H2,1-4H3,(H,39,41)(H,40,43). The van der Waals surface area contributed by atoms with Crippen molar-refractivity contribution < 1.29 is 14.3 Å². The van der Waals surface area contributed by atoms with Gasteiger partial charge in [-0.2, -0.15) is 0 Å². The number of rotatable bonds is 9. The molecule has 1 fully saturated rings. The van der Waals surface area contributed by atoms with Gasteiger partial charge < -0.3 is 10.1 Å². The van der Waals surface area contributed by atoms with E-state index in [0.717, 1.165) is 16.7 Å². The number of aryl methyl sites for hydroxylation is 3. The van der Waals surface area contributed by atoms with Crippen molar-refractivity contribution in [2.45, 2.75) is 50.4 Å². The van der Waals surface area contributed by atoms with Gasteiger partial charge in [0.25, 0.3) is 11.8 Å². The Bertz CT molecular complexity index is 1830. The molecule has 5 rings (SSSR count). The van der Waals surface area contributed by atoms with Crippen LogP contribution in [0.25, 0.3) is 0 Å². The molecule has 1 heterocycles. The van der Waals surface area contributed by atoms with Crippen LogP contribution in [0.5, 0.6) is 5.75 Å². The van der Waals surface area contributed by atoms with E-state index in [4.69, 9.17) is 56.1 Å². The zero-order valence-corrected chi connectivity index (χ0v) is 29.2. The number of aliphatic imine (C=N–C) groups is 1. The molecule has 2 unspecified atom stereocenters. The summed E-state index contributed by atoms with van der Waals surface area (Å²) < 4.78 is 6.11. The van der Waals surface area contributed by atoms with Crippen LogP contribution in [0, 0.1) is 20.8 Å². The highest BCUT2D eigenvalue weighted by Crippen LogP contribution is 2.41. The van der Waals surface area contributed by atoms with Gasteiger partial charge in [0.2, 0.25) is 0 Å². The van der Waals surface area contributed by atoms with Crippen LogP contribution in [0.3, 0.4) is 0 Å². The van der Waals surface area contributed by atoms with Crippen molar-refractivity contribution in [1.29, 1.82) is 0 Å². The summed E-state index contributed by atoms with van der Waals surface area (Å²) in [5, 5.41) is 4.48. The first-order valence-corrected chi connectivity index (χ1v) is 16.7. The summed E-state index contributed by atoms with van der Waals surface area (Å²) in [6.45, 7) is 7.76. The van der Waals surface area contributed by atoms with Crippen molar-refractivity contribution in [3.8, 4) is 5.75 Å². The van der Waals surface area contributed by atoms with Gasteiger partial charge in [0.1, 0.15) is 22.5 Å². The molecule has 0 saturated carbocycles. The summed E-state index contributed by atoms with van der Waals surface area (Å²) in [4.78, 5) is 32.9. The number of nitrogens with zero attached hydrogens (tertiary/aromatic N) is 2. The smallest absolute Gasteiger partial charge is 0.267 e. The summed E-state index contributed by atoms with van der Waals surface area (Å²) in [7, 11) is 0. The second-order valence-electron chi connectivity index (χ2n) is 10.7. The van der Waals surface area contributed by atoms with Crippen molar-refractivity contribution in [2.24, 2.45) is 4.99 Å². The molecule has 4 aromatic carbocycles. The van der Waals surface area contributed by atoms with E-state index in [1.54, 1.807) is 24.3 Å². The molecule has 0 aliphatic carbocycles. The van der Waals surface area contributed by atoms with Crippen LogP contribution in [0.15, 0.2) is 82.7 Å². The number of anilines is 2. The summed E-state index contributed by atoms with van der Waals surface area (Å²) in [6.07, 6.45) is -0.287. The van der Waals surface area contributed by atoms with E-state index in [1.165, 1.54) is 28.9 Å². The van der Waals surface area contributed by atoms with E-state index in [9.17, 15) is 9.59 Å². The minimum atomic E-state index is -0.883. The summed E-state index contributed by atoms with van der Waals surface area (Å²) in [5.74, 6) is 0.249. The first kappa shape index (κ1) is 33.9. The molecule has 7 nitrogen and oxygen atoms in total. The topological polar surface area (TPSA) is 83.0 Å². The number of ether oxygens (including phenoxy) is 1. The molecule has 2 amide bonds. The van der Waals surface area contributed by atoms with Gasteiger partial charge >= 0.3 is 0 Å². The molecule has 2 atom stereocenters. The number of nitrogens with one attached hydrogen (secondary N) is 2. The molecule has 0 radical (unpaired) electrons. The van der Waals surface area contributed by atoms with Crippen molar-refractivity contribution in [2.75, 3.05) is 10.3 Å². The van der Waals surface area contributed by atoms with Crippen molar-refractivity contribution in [3.05, 3.63) is 110 Å². The normalized spacial score (nSPS) is 16.0. The van der Waals surface area contributed by atoms with Crippen molar-refractivity contribution in [3.63, 3.8) is 0 Å². The third-order valence-corrected chi connectivity index (χ3v) is 9.49. The first-order valence-electron chi connectivity index (χ1n) is 14.4. The SMILES string of the molecule is CCC(Oc1ccc(C)cc1C)C(=O)Nc1ccccc1SC1C(=O)N(c2c(Cl)cc(Cl)cc2Cl)NC1=Nc1ccc(C)cc1Cl. The van der Waals surface area contributed by atoms with E-state index < -0.39 is 11.4 Å². The quantitative estimate of drug-likeness (QED) is 0.180. The summed E-state index contributed by atoms with van der Waals surface area (Å²) >= 11 is 26.9. The highest BCUT2D eigenvalue weighted by atomic mass is 35.5. The number of carbonyl (C=O) groups excluding carboxylic acids is 2. The van der Waals surface area contributed by atoms with Crippen LogP contribution >= 0.6 is 58.2 Å². The number of benzene rings is 4. The Morgan fingerprint density at radius 3 is 2.30 bits per heavy atom. The van der Waals surface area contributed by atoms with Gasteiger partial charge in [0, 0.05) is 9.92 Å². The van der Waals surface area contributed by atoms with Gasteiger partial charge in [0.05, 0.1) is 26.4 Å². The molecule has 1 aliphatic rings. The Hall–Kier alpha value is -3.40. The van der Waals surface area contributed by atoms with Gasteiger partial charge in [-0.1, -0.05) is 89.2 Å². The molecule has 1 saturated heterocycles. The Morgan fingerprint density at radius 1 is 0.957 bits per heavy atom. The molecule has 46 heavy (non-hydrogen) atoms. The van der Waals surface area contributed by atoms with E-state index in [1.807, 2.05) is 64.1 Å². The molecule has 0 bridgehead atoms. The van der Waals surface area contributed by atoms with Gasteiger partial charge in [0.15, 0.2) is 6.10 Å². The average molecular weight is 717 g/mol. The van der Waals surface area contributed by atoms with Crippen LogP contribution in [-0.4, -0.2) is 29.0 Å². The van der Waals surface area contributed by atoms with E-state index in [2.05, 4.69) is 10.7 Å². The van der Waals surface area contributed by atoms with E-state index in [0.29, 0.717) is 44.3 Å². The third kappa shape index (κ3) is 7.59. The molecule has 2 N–H and O–H groups in total. The van der Waals surface area contributed by atoms with Gasteiger partial charge in [-0.25, -0.2) is 10.0 Å². The molecule has 4 aromatic rings. The molecule has 0 aromatic heterocycles. The predicted molar refractivity (Wildman–Crippen MR) is 191 cm³/mol. The number of hydrazine groups is 1. The maximum absolute atomic E-state index is 14.1. The number of thioether (sulfide) groups is 1. The second-order valence-corrected chi connectivity index (χ2v) is 13.5. The molecule has 238 valence electrons. The number of carbonyl (C=O) groups is 2. The van der Waals surface area contributed by atoms with E-state index in [-0.39, 0.29) is 27.5 Å². The Balaban J connectivity index is 1.46. The predicted octanol–water partition coefficient (Wildman–Crippen LogP) is 9.76. The van der Waals surface area contributed by atoms with Crippen LogP contribution in [-0.2, 0) is 9.59 Å². The maximum atomic E-state index is 14.1. The van der Waals surface area contributed by atoms with Crippen LogP contribution in [0.1, 0.15) is 30.0 Å². The molecule has 0 spiro atoms. The minimum Gasteiger partial charge on any atom is -0.480 e. The number of amides is 2. The number of para-hydroxylation sites is 1. The molecular weight excluding hydrogens is 686 g/mol. The zero-order valence-electron chi connectivity index (χ0n) is 25.3. The first-order chi connectivity index (χ1) is 21.9. The van der Waals surface area contributed by atoms with Crippen LogP contribution < -0.4 is 20.5 Å². The minimum absolute atomic E-state index is 0.179. The largest absolute Gasteiger partial charge is 0.480 e. The maximum Gasteiger partial charge on any atom is 0.267 e. The van der Waals surface area contributed by atoms with Crippen molar-refractivity contribution >= 4 is 92.9 Å². The average Bonchev–Trinajstić information content (AvgIpc) is 3.28. The van der Waals surface area contributed by atoms with Crippen LogP contribution in [0.2, 0.25) is 20.1 Å². The monoisotopic (exact) mass is 714 g/mol. The third-order valence-electron chi connectivity index (χ3n) is 7.12. The highest BCUT2D eigenvalue weighted by molar-refractivity contribution is 8.01. The van der Waals surface area contributed by atoms with Gasteiger partial charge in [-0.05, 0) is 80.8 Å². The fourth-order valence-corrected chi connectivity index (χ4v) is 7.16. The van der Waals surface area contributed by atoms with Gasteiger partial charge in [-0.3, -0.25) is 15.0 Å². The number of amidine groups is 1. The van der Waals surface area contributed by atoms with Crippen LogP contribution in [0.4, 0.5) is 17.1 Å². The lowest BCUT2D eigenvalue weighted by atomic mass is 10.1. The lowest BCUT2D eigenvalue weighted by Gasteiger charge is -2.20. The number of halogens is 4. The fourth-order valence-electron chi connectivity index (χ4n) is 4.82. The lowest BCUT2D eigenvalue weighted by Crippen LogP contribution is -2.36. The Morgan fingerprint density at radius 2 is 1.63 bits per heavy atom. The zero-order chi connectivity index (χ0) is 33.1. The van der Waals surface area contributed by atoms with Crippen molar-refractivity contribution in [1.82, 2.24) is 5.43 Å². The summed E-state index contributed by atoms with van der Waals surface area (Å²) in [6, 6.07) is 21.5. The van der Waals surface area contributed by atoms with Gasteiger partial charge in [-0.15, -0.1) is 11.8 Å². The van der Waals surface area contributed by atoms with E-state index >= 15 is 0 Å². The molecule has 12 heteroatoms.